The van der Waals surface area contributed by atoms with E-state index in [-0.39, 0.29) is 13.1 Å². The number of hydrogen-bond acceptors (Lipinski definition) is 5. The number of hydrogen-bond donors (Lipinski definition) is 1. The van der Waals surface area contributed by atoms with Gasteiger partial charge >= 0.3 is 0 Å². The SMILES string of the molecule is CCc1nn(C)c(N(CC#N)CC#N)c1N. The van der Waals surface area contributed by atoms with Crippen LogP contribution in [-0.2, 0) is 13.5 Å². The van der Waals surface area contributed by atoms with Gasteiger partial charge in [-0.25, -0.2) is 0 Å². The quantitative estimate of drug-likeness (QED) is 0.739. The first-order valence-electron chi connectivity index (χ1n) is 4.95. The molecule has 0 aliphatic heterocycles. The predicted octanol–water partition coefficient (Wildman–Crippen LogP) is 0.418. The van der Waals surface area contributed by atoms with Crippen molar-refractivity contribution in [3.05, 3.63) is 5.69 Å². The number of nitrogen functional groups attached to an aromatic ring is 1. The van der Waals surface area contributed by atoms with E-state index in [1.165, 1.54) is 0 Å². The fourth-order valence-corrected chi connectivity index (χ4v) is 1.60. The fraction of sp³-hybridized carbons (Fsp3) is 0.500. The van der Waals surface area contributed by atoms with Gasteiger partial charge in [0.15, 0.2) is 5.82 Å². The second kappa shape index (κ2) is 5.04. The molecule has 0 spiro atoms. The number of anilines is 2. The highest BCUT2D eigenvalue weighted by molar-refractivity contribution is 5.67. The van der Waals surface area contributed by atoms with Crippen molar-refractivity contribution in [1.82, 2.24) is 9.78 Å². The minimum absolute atomic E-state index is 0.125. The molecule has 0 atom stereocenters. The first-order chi connectivity index (χ1) is 7.65. The van der Waals surface area contributed by atoms with Crippen LogP contribution in [0.15, 0.2) is 0 Å². The zero-order valence-corrected chi connectivity index (χ0v) is 9.43. The maximum absolute atomic E-state index is 8.70. The van der Waals surface area contributed by atoms with E-state index in [4.69, 9.17) is 16.3 Å². The molecule has 6 nitrogen and oxygen atoms in total. The topological polar surface area (TPSA) is 94.7 Å². The number of nitrogens with two attached hydrogens (primary N) is 1. The molecule has 0 aliphatic carbocycles. The van der Waals surface area contributed by atoms with Crippen molar-refractivity contribution in [3.63, 3.8) is 0 Å². The molecule has 0 saturated carbocycles. The molecule has 1 aromatic heterocycles. The van der Waals surface area contributed by atoms with Crippen LogP contribution in [0.3, 0.4) is 0 Å². The Bertz CT molecular complexity index is 431. The van der Waals surface area contributed by atoms with Gasteiger partial charge in [0.2, 0.25) is 0 Å². The Morgan fingerprint density at radius 2 is 1.94 bits per heavy atom. The molecule has 1 heterocycles. The molecular formula is C10H14N6. The van der Waals surface area contributed by atoms with Gasteiger partial charge in [-0.1, -0.05) is 6.92 Å². The van der Waals surface area contributed by atoms with Crippen molar-refractivity contribution in [1.29, 1.82) is 10.5 Å². The zero-order valence-electron chi connectivity index (χ0n) is 9.43. The van der Waals surface area contributed by atoms with Gasteiger partial charge < -0.3 is 10.6 Å². The Morgan fingerprint density at radius 3 is 2.31 bits per heavy atom. The van der Waals surface area contributed by atoms with Gasteiger partial charge in [-0.15, -0.1) is 0 Å². The molecule has 6 heteroatoms. The van der Waals surface area contributed by atoms with E-state index < -0.39 is 0 Å². The molecule has 0 radical (unpaired) electrons. The van der Waals surface area contributed by atoms with Crippen LogP contribution in [-0.4, -0.2) is 22.9 Å². The highest BCUT2D eigenvalue weighted by atomic mass is 15.4. The van der Waals surface area contributed by atoms with Crippen LogP contribution in [0.5, 0.6) is 0 Å². The van der Waals surface area contributed by atoms with Gasteiger partial charge in [0, 0.05) is 7.05 Å². The lowest BCUT2D eigenvalue weighted by molar-refractivity contribution is 0.725. The molecule has 0 unspecified atom stereocenters. The van der Waals surface area contributed by atoms with Crippen LogP contribution in [0, 0.1) is 22.7 Å². The molecule has 0 amide bonds. The summed E-state index contributed by atoms with van der Waals surface area (Å²) >= 11 is 0. The third-order valence-corrected chi connectivity index (χ3v) is 2.29. The summed E-state index contributed by atoms with van der Waals surface area (Å²) in [5.74, 6) is 0.639. The molecule has 84 valence electrons. The predicted molar refractivity (Wildman–Crippen MR) is 60.4 cm³/mol. The Kier molecular flexibility index (Phi) is 3.73. The lowest BCUT2D eigenvalue weighted by Gasteiger charge is -2.18. The smallest absolute Gasteiger partial charge is 0.152 e. The van der Waals surface area contributed by atoms with Crippen molar-refractivity contribution in [2.45, 2.75) is 13.3 Å². The van der Waals surface area contributed by atoms with Crippen LogP contribution in [0.2, 0.25) is 0 Å². The van der Waals surface area contributed by atoms with Crippen LogP contribution in [0.25, 0.3) is 0 Å². The minimum atomic E-state index is 0.125. The van der Waals surface area contributed by atoms with Crippen LogP contribution >= 0.6 is 0 Å². The second-order valence-electron chi connectivity index (χ2n) is 3.33. The van der Waals surface area contributed by atoms with E-state index >= 15 is 0 Å². The molecule has 0 aliphatic rings. The monoisotopic (exact) mass is 218 g/mol. The van der Waals surface area contributed by atoms with Crippen LogP contribution in [0.4, 0.5) is 11.5 Å². The summed E-state index contributed by atoms with van der Waals surface area (Å²) in [7, 11) is 1.76. The Morgan fingerprint density at radius 1 is 1.38 bits per heavy atom. The van der Waals surface area contributed by atoms with Crippen molar-refractivity contribution in [2.24, 2.45) is 7.05 Å². The standard InChI is InChI=1S/C10H14N6/c1-3-8-9(13)10(15(2)14-8)16(6-4-11)7-5-12/h3,6-7,13H2,1-2H3. The van der Waals surface area contributed by atoms with Crippen molar-refractivity contribution in [3.8, 4) is 12.1 Å². The summed E-state index contributed by atoms with van der Waals surface area (Å²) in [6.07, 6.45) is 0.729. The largest absolute Gasteiger partial charge is 0.394 e. The summed E-state index contributed by atoms with van der Waals surface area (Å²) in [5.41, 5.74) is 7.27. The van der Waals surface area contributed by atoms with E-state index in [2.05, 4.69) is 5.10 Å². The molecular weight excluding hydrogens is 204 g/mol. The van der Waals surface area contributed by atoms with E-state index in [0.29, 0.717) is 11.5 Å². The van der Waals surface area contributed by atoms with E-state index in [1.54, 1.807) is 16.6 Å². The first-order valence-corrected chi connectivity index (χ1v) is 4.95. The van der Waals surface area contributed by atoms with Crippen molar-refractivity contribution < 1.29 is 0 Å². The van der Waals surface area contributed by atoms with Gasteiger partial charge in [-0.05, 0) is 6.42 Å². The highest BCUT2D eigenvalue weighted by Crippen LogP contribution is 2.25. The normalized spacial score (nSPS) is 9.50. The maximum Gasteiger partial charge on any atom is 0.152 e. The third-order valence-electron chi connectivity index (χ3n) is 2.29. The fourth-order valence-electron chi connectivity index (χ4n) is 1.60. The lowest BCUT2D eigenvalue weighted by atomic mass is 10.3. The van der Waals surface area contributed by atoms with Gasteiger partial charge in [0.05, 0.1) is 23.5 Å². The van der Waals surface area contributed by atoms with E-state index in [9.17, 15) is 0 Å². The minimum Gasteiger partial charge on any atom is -0.394 e. The van der Waals surface area contributed by atoms with E-state index in [1.807, 2.05) is 19.1 Å². The van der Waals surface area contributed by atoms with Crippen LogP contribution < -0.4 is 10.6 Å². The summed E-state index contributed by atoms with van der Waals surface area (Å²) in [4.78, 5) is 1.61. The number of aromatic nitrogens is 2. The number of aryl methyl sites for hydroxylation is 2. The van der Waals surface area contributed by atoms with Gasteiger partial charge in [-0.2, -0.15) is 15.6 Å². The Labute approximate surface area is 94.5 Å². The second-order valence-corrected chi connectivity index (χ2v) is 3.33. The lowest BCUT2D eigenvalue weighted by Crippen LogP contribution is -2.26. The molecule has 16 heavy (non-hydrogen) atoms. The summed E-state index contributed by atoms with van der Waals surface area (Å²) in [5, 5.41) is 21.6. The summed E-state index contributed by atoms with van der Waals surface area (Å²) in [6, 6.07) is 4.02. The molecule has 1 rings (SSSR count). The maximum atomic E-state index is 8.70. The van der Waals surface area contributed by atoms with E-state index in [0.717, 1.165) is 12.1 Å². The van der Waals surface area contributed by atoms with Gasteiger partial charge in [0.1, 0.15) is 13.1 Å². The number of nitriles is 2. The number of rotatable bonds is 4. The molecule has 0 bridgehead atoms. The third kappa shape index (κ3) is 2.06. The molecule has 0 fully saturated rings. The highest BCUT2D eigenvalue weighted by Gasteiger charge is 2.17. The van der Waals surface area contributed by atoms with Crippen molar-refractivity contribution in [2.75, 3.05) is 23.7 Å². The first kappa shape index (κ1) is 11.9. The summed E-state index contributed by atoms with van der Waals surface area (Å²) < 4.78 is 1.61. The Hall–Kier alpha value is -2.21. The molecule has 2 N–H and O–H groups in total. The van der Waals surface area contributed by atoms with Crippen molar-refractivity contribution >= 4 is 11.5 Å². The molecule has 0 aromatic carbocycles. The van der Waals surface area contributed by atoms with Crippen LogP contribution in [0.1, 0.15) is 12.6 Å². The molecule has 0 saturated heterocycles. The average Bonchev–Trinajstić information content (AvgIpc) is 2.54. The van der Waals surface area contributed by atoms with Gasteiger partial charge in [0.25, 0.3) is 0 Å². The average molecular weight is 218 g/mol. The summed E-state index contributed by atoms with van der Waals surface area (Å²) in [6.45, 7) is 2.21. The number of nitrogens with zero attached hydrogens (tertiary/aromatic N) is 5. The zero-order chi connectivity index (χ0) is 12.1. The molecule has 1 aromatic rings. The Balaban J connectivity index is 3.14. The van der Waals surface area contributed by atoms with Gasteiger partial charge in [-0.3, -0.25) is 4.68 Å².